The van der Waals surface area contributed by atoms with E-state index in [-0.39, 0.29) is 36.9 Å². The summed E-state index contributed by atoms with van der Waals surface area (Å²) in [5.74, 6) is -1.25. The van der Waals surface area contributed by atoms with Crippen LogP contribution in [0.3, 0.4) is 0 Å². The number of piperidine rings is 1. The van der Waals surface area contributed by atoms with E-state index in [0.29, 0.717) is 37.1 Å². The second kappa shape index (κ2) is 9.06. The zero-order chi connectivity index (χ0) is 27.5. The Kier molecular flexibility index (Phi) is 5.88. The summed E-state index contributed by atoms with van der Waals surface area (Å²) in [6.45, 7) is 2.06. The number of hydrogen-bond donors (Lipinski definition) is 1. The number of alkyl halides is 3. The lowest BCUT2D eigenvalue weighted by molar-refractivity contribution is -0.182. The van der Waals surface area contributed by atoms with Crippen molar-refractivity contribution in [3.63, 3.8) is 0 Å². The average Bonchev–Trinajstić information content (AvgIpc) is 3.64. The molecule has 2 aromatic heterocycles. The number of fused-ring (bicyclic) bond motifs is 3. The minimum Gasteiger partial charge on any atom is -0.337 e. The largest absolute Gasteiger partial charge is 0.408 e. The monoisotopic (exact) mass is 540 g/mol. The number of anilines is 1. The highest BCUT2D eigenvalue weighted by atomic mass is 19.4. The van der Waals surface area contributed by atoms with Crippen LogP contribution >= 0.6 is 0 Å². The molecule has 39 heavy (non-hydrogen) atoms. The van der Waals surface area contributed by atoms with Crippen LogP contribution in [0.5, 0.6) is 0 Å². The van der Waals surface area contributed by atoms with Gasteiger partial charge in [-0.1, -0.05) is 12.1 Å². The maximum atomic E-state index is 14.0. The molecule has 0 bridgehead atoms. The van der Waals surface area contributed by atoms with Crippen molar-refractivity contribution in [2.75, 3.05) is 31.1 Å². The van der Waals surface area contributed by atoms with Gasteiger partial charge in [-0.25, -0.2) is 4.98 Å². The van der Waals surface area contributed by atoms with Crippen molar-refractivity contribution >= 4 is 34.4 Å². The first kappa shape index (κ1) is 25.3. The van der Waals surface area contributed by atoms with Crippen molar-refractivity contribution in [2.45, 2.75) is 50.2 Å². The number of amides is 3. The smallest absolute Gasteiger partial charge is 0.337 e. The number of H-pyrrole nitrogens is 1. The highest BCUT2D eigenvalue weighted by Crippen LogP contribution is 2.49. The minimum absolute atomic E-state index is 0.0204. The maximum absolute atomic E-state index is 14.0. The first-order chi connectivity index (χ1) is 18.6. The number of nitrogens with zero attached hydrogens (tertiary/aromatic N) is 5. The van der Waals surface area contributed by atoms with E-state index in [9.17, 15) is 27.6 Å². The predicted molar refractivity (Wildman–Crippen MR) is 135 cm³/mol. The summed E-state index contributed by atoms with van der Waals surface area (Å²) >= 11 is 0. The molecule has 3 amide bonds. The van der Waals surface area contributed by atoms with Crippen LogP contribution in [-0.4, -0.2) is 81.1 Å². The molecule has 5 heterocycles. The molecule has 3 aliphatic rings. The van der Waals surface area contributed by atoms with Gasteiger partial charge in [0, 0.05) is 25.3 Å². The Bertz CT molecular complexity index is 1480. The number of hydrogen-bond acceptors (Lipinski definition) is 5. The van der Waals surface area contributed by atoms with E-state index in [1.165, 1.54) is 4.90 Å². The molecule has 0 saturated carbocycles. The van der Waals surface area contributed by atoms with Crippen molar-refractivity contribution in [3.05, 3.63) is 53.3 Å². The van der Waals surface area contributed by atoms with Gasteiger partial charge in [-0.2, -0.15) is 18.3 Å². The molecule has 9 nitrogen and oxygen atoms in total. The van der Waals surface area contributed by atoms with Crippen LogP contribution in [-0.2, 0) is 15.0 Å². The van der Waals surface area contributed by atoms with Crippen molar-refractivity contribution in [2.24, 2.45) is 0 Å². The lowest BCUT2D eigenvalue weighted by Gasteiger charge is -2.39. The van der Waals surface area contributed by atoms with Gasteiger partial charge in [0.25, 0.3) is 5.91 Å². The molecule has 2 saturated heterocycles. The van der Waals surface area contributed by atoms with Crippen LogP contribution in [0.1, 0.15) is 47.3 Å². The zero-order valence-electron chi connectivity index (χ0n) is 21.3. The third-order valence-electron chi connectivity index (χ3n) is 8.34. The Balaban J connectivity index is 1.24. The standard InChI is InChI=1S/C27H27F3N6O3/c1-16-4-2-5-20-23(16)26(25(39)36(20)15-22(37)35-11-3-6-21(35)27(28,29)30)9-12-34(13-10-26)24(38)18-8-7-17-19(32-18)14-31-33-17/h2,4-5,7-8,14,21H,3,6,9-13,15H2,1H3,(H,31,33). The Morgan fingerprint density at radius 2 is 1.90 bits per heavy atom. The van der Waals surface area contributed by atoms with E-state index < -0.39 is 30.1 Å². The quantitative estimate of drug-likeness (QED) is 0.549. The third kappa shape index (κ3) is 4.04. The van der Waals surface area contributed by atoms with E-state index in [2.05, 4.69) is 15.2 Å². The number of carbonyl (C=O) groups excluding carboxylic acids is 3. The van der Waals surface area contributed by atoms with Crippen LogP contribution in [0.15, 0.2) is 36.5 Å². The van der Waals surface area contributed by atoms with Crippen LogP contribution in [0, 0.1) is 6.92 Å². The van der Waals surface area contributed by atoms with Gasteiger partial charge in [-0.15, -0.1) is 0 Å². The summed E-state index contributed by atoms with van der Waals surface area (Å²) < 4.78 is 40.5. The molecule has 0 radical (unpaired) electrons. The Labute approximate surface area is 222 Å². The highest BCUT2D eigenvalue weighted by molar-refractivity contribution is 6.11. The van der Waals surface area contributed by atoms with E-state index in [1.54, 1.807) is 35.4 Å². The van der Waals surface area contributed by atoms with Gasteiger partial charge in [-0.3, -0.25) is 19.5 Å². The van der Waals surface area contributed by atoms with Crippen LogP contribution in [0.25, 0.3) is 11.0 Å². The molecule has 6 rings (SSSR count). The molecule has 1 spiro atoms. The third-order valence-corrected chi connectivity index (χ3v) is 8.34. The van der Waals surface area contributed by atoms with E-state index in [4.69, 9.17) is 0 Å². The summed E-state index contributed by atoms with van der Waals surface area (Å²) in [5, 5.41) is 6.73. The molecule has 1 N–H and O–H groups in total. The number of likely N-dealkylation sites (tertiary alicyclic amines) is 2. The summed E-state index contributed by atoms with van der Waals surface area (Å²) in [6, 6.07) is 6.97. The number of carbonyl (C=O) groups is 3. The molecule has 3 aromatic rings. The normalized spacial score (nSPS) is 20.8. The molecule has 1 atom stereocenters. The van der Waals surface area contributed by atoms with Crippen LogP contribution in [0.2, 0.25) is 0 Å². The lowest BCUT2D eigenvalue weighted by Crippen LogP contribution is -2.53. The summed E-state index contributed by atoms with van der Waals surface area (Å²) in [7, 11) is 0. The van der Waals surface area contributed by atoms with Crippen molar-refractivity contribution < 1.29 is 27.6 Å². The van der Waals surface area contributed by atoms with Gasteiger partial charge in [0.05, 0.1) is 17.1 Å². The second-order valence-corrected chi connectivity index (χ2v) is 10.5. The zero-order valence-corrected chi connectivity index (χ0v) is 21.3. The predicted octanol–water partition coefficient (Wildman–Crippen LogP) is 3.34. The van der Waals surface area contributed by atoms with Gasteiger partial charge in [0.1, 0.15) is 23.8 Å². The fraction of sp³-hybridized carbons (Fsp3) is 0.444. The number of nitrogens with one attached hydrogen (secondary N) is 1. The number of halogens is 3. The average molecular weight is 541 g/mol. The SMILES string of the molecule is Cc1cccc2c1C1(CCN(C(=O)c3ccc4[nH]ncc4n3)CC1)C(=O)N2CC(=O)N1CCCC1C(F)(F)F. The molecule has 1 unspecified atom stereocenters. The van der Waals surface area contributed by atoms with E-state index in [0.717, 1.165) is 21.5 Å². The van der Waals surface area contributed by atoms with Crippen molar-refractivity contribution in [1.82, 2.24) is 25.0 Å². The Morgan fingerprint density at radius 3 is 2.64 bits per heavy atom. The van der Waals surface area contributed by atoms with Gasteiger partial charge < -0.3 is 14.7 Å². The van der Waals surface area contributed by atoms with Crippen molar-refractivity contribution in [3.8, 4) is 0 Å². The summed E-state index contributed by atoms with van der Waals surface area (Å²) in [4.78, 5) is 48.6. The summed E-state index contributed by atoms with van der Waals surface area (Å²) in [6.07, 6.45) is -2.15. The lowest BCUT2D eigenvalue weighted by atomic mass is 9.72. The fourth-order valence-electron chi connectivity index (χ4n) is 6.43. The fourth-order valence-corrected chi connectivity index (χ4v) is 6.43. The molecule has 2 fully saturated rings. The molecule has 12 heteroatoms. The number of pyridine rings is 1. The molecule has 1 aromatic carbocycles. The number of aromatic amines is 1. The number of aryl methyl sites for hydroxylation is 1. The molecule has 204 valence electrons. The van der Waals surface area contributed by atoms with Gasteiger partial charge >= 0.3 is 6.18 Å². The molecular formula is C27H27F3N6O3. The topological polar surface area (TPSA) is 102 Å². The van der Waals surface area contributed by atoms with Crippen LogP contribution in [0.4, 0.5) is 18.9 Å². The highest BCUT2D eigenvalue weighted by Gasteiger charge is 2.54. The molecule has 3 aliphatic heterocycles. The van der Waals surface area contributed by atoms with E-state index in [1.807, 2.05) is 13.0 Å². The molecule has 0 aliphatic carbocycles. The first-order valence-corrected chi connectivity index (χ1v) is 13.0. The van der Waals surface area contributed by atoms with Crippen LogP contribution < -0.4 is 4.90 Å². The van der Waals surface area contributed by atoms with Gasteiger partial charge in [0.2, 0.25) is 11.8 Å². The minimum atomic E-state index is -4.51. The first-order valence-electron chi connectivity index (χ1n) is 13.0. The second-order valence-electron chi connectivity index (χ2n) is 10.5. The Morgan fingerprint density at radius 1 is 1.13 bits per heavy atom. The van der Waals surface area contributed by atoms with Gasteiger partial charge in [0.15, 0.2) is 0 Å². The van der Waals surface area contributed by atoms with E-state index >= 15 is 0 Å². The van der Waals surface area contributed by atoms with Crippen molar-refractivity contribution in [1.29, 1.82) is 0 Å². The summed E-state index contributed by atoms with van der Waals surface area (Å²) in [5.41, 5.74) is 2.86. The number of rotatable bonds is 3. The number of benzene rings is 1. The number of aromatic nitrogens is 3. The van der Waals surface area contributed by atoms with Gasteiger partial charge in [-0.05, 0) is 61.9 Å². The maximum Gasteiger partial charge on any atom is 0.408 e. The molecular weight excluding hydrogens is 513 g/mol. The Hall–Kier alpha value is -3.96.